The fourth-order valence-electron chi connectivity index (χ4n) is 3.92. The Kier molecular flexibility index (Phi) is 5.17. The molecule has 7 heteroatoms. The minimum absolute atomic E-state index is 0.00897. The Bertz CT molecular complexity index is 969. The molecule has 0 radical (unpaired) electrons. The van der Waals surface area contributed by atoms with E-state index in [1.54, 1.807) is 14.2 Å². The van der Waals surface area contributed by atoms with E-state index in [4.69, 9.17) is 21.1 Å². The molecule has 146 valence electrons. The summed E-state index contributed by atoms with van der Waals surface area (Å²) in [5.74, 6) is 1.25. The third-order valence-electron chi connectivity index (χ3n) is 5.40. The van der Waals surface area contributed by atoms with Crippen LogP contribution < -0.4 is 14.8 Å². The van der Waals surface area contributed by atoms with Gasteiger partial charge in [-0.1, -0.05) is 47.9 Å². The molecule has 1 N–H and O–H groups in total. The number of hydrogen-bond donors (Lipinski definition) is 1. The average Bonchev–Trinajstić information content (AvgIpc) is 3.34. The van der Waals surface area contributed by atoms with Crippen LogP contribution in [0.4, 0.5) is 5.13 Å². The molecule has 5 nitrogen and oxygen atoms in total. The summed E-state index contributed by atoms with van der Waals surface area (Å²) in [5.41, 5.74) is 1.25. The first-order valence-corrected chi connectivity index (χ1v) is 10.4. The number of carbonyl (C=O) groups excluding carboxylic acids is 1. The maximum atomic E-state index is 13.3. The molecule has 0 unspecified atom stereocenters. The van der Waals surface area contributed by atoms with E-state index in [1.165, 1.54) is 11.3 Å². The Morgan fingerprint density at radius 1 is 1.11 bits per heavy atom. The first-order valence-electron chi connectivity index (χ1n) is 9.16. The Morgan fingerprint density at radius 2 is 1.75 bits per heavy atom. The first kappa shape index (κ1) is 19.0. The lowest BCUT2D eigenvalue weighted by Gasteiger charge is -2.27. The molecule has 1 aromatic heterocycles. The number of methoxy groups -OCH3 is 2. The Morgan fingerprint density at radius 3 is 2.39 bits per heavy atom. The van der Waals surface area contributed by atoms with E-state index in [1.807, 2.05) is 36.4 Å². The molecule has 1 aliphatic rings. The van der Waals surface area contributed by atoms with Crippen LogP contribution in [0.25, 0.3) is 10.2 Å². The minimum atomic E-state index is -0.530. The van der Waals surface area contributed by atoms with Gasteiger partial charge in [-0.2, -0.15) is 0 Å². The summed E-state index contributed by atoms with van der Waals surface area (Å²) in [6, 6.07) is 11.3. The number of fused-ring (bicyclic) bond motifs is 1. The van der Waals surface area contributed by atoms with Crippen molar-refractivity contribution >= 4 is 44.2 Å². The third-order valence-corrected chi connectivity index (χ3v) is 6.59. The summed E-state index contributed by atoms with van der Waals surface area (Å²) in [7, 11) is 3.19. The first-order chi connectivity index (χ1) is 13.6. The van der Waals surface area contributed by atoms with E-state index in [-0.39, 0.29) is 5.91 Å². The number of hydrogen-bond acceptors (Lipinski definition) is 5. The highest BCUT2D eigenvalue weighted by molar-refractivity contribution is 7.22. The van der Waals surface area contributed by atoms with Crippen LogP contribution in [0, 0.1) is 0 Å². The van der Waals surface area contributed by atoms with Crippen molar-refractivity contribution in [3.05, 3.63) is 47.0 Å². The molecule has 0 atom stereocenters. The van der Waals surface area contributed by atoms with Crippen LogP contribution in [-0.4, -0.2) is 25.1 Å². The van der Waals surface area contributed by atoms with Crippen LogP contribution in [0.5, 0.6) is 11.5 Å². The van der Waals surface area contributed by atoms with Crippen LogP contribution >= 0.6 is 22.9 Å². The fourth-order valence-corrected chi connectivity index (χ4v) is 4.92. The molecule has 2 aromatic carbocycles. The molecular weight excluding hydrogens is 396 g/mol. The lowest BCUT2D eigenvalue weighted by molar-refractivity contribution is -0.121. The van der Waals surface area contributed by atoms with Gasteiger partial charge in [0, 0.05) is 17.2 Å². The van der Waals surface area contributed by atoms with Gasteiger partial charge in [0.05, 0.1) is 29.9 Å². The molecule has 1 heterocycles. The maximum absolute atomic E-state index is 13.3. The van der Waals surface area contributed by atoms with Crippen LogP contribution in [0.3, 0.4) is 0 Å². The lowest BCUT2D eigenvalue weighted by atomic mass is 9.78. The van der Waals surface area contributed by atoms with Crippen LogP contribution in [0.15, 0.2) is 36.4 Å². The monoisotopic (exact) mass is 416 g/mol. The molecule has 1 aliphatic carbocycles. The molecule has 0 aliphatic heterocycles. The van der Waals surface area contributed by atoms with E-state index in [0.29, 0.717) is 21.7 Å². The third kappa shape index (κ3) is 3.31. The van der Waals surface area contributed by atoms with Crippen molar-refractivity contribution in [2.45, 2.75) is 31.1 Å². The van der Waals surface area contributed by atoms with Crippen LogP contribution in [-0.2, 0) is 10.2 Å². The van der Waals surface area contributed by atoms with Gasteiger partial charge in [0.15, 0.2) is 16.6 Å². The summed E-state index contributed by atoms with van der Waals surface area (Å²) in [4.78, 5) is 17.9. The van der Waals surface area contributed by atoms with Crippen molar-refractivity contribution in [3.8, 4) is 11.5 Å². The van der Waals surface area contributed by atoms with Gasteiger partial charge in [-0.3, -0.25) is 4.79 Å². The second-order valence-corrected chi connectivity index (χ2v) is 8.41. The van der Waals surface area contributed by atoms with E-state index in [0.717, 1.165) is 41.5 Å². The molecule has 28 heavy (non-hydrogen) atoms. The molecular formula is C21H21ClN2O3S. The molecule has 0 saturated heterocycles. The van der Waals surface area contributed by atoms with Gasteiger partial charge in [0.25, 0.3) is 0 Å². The van der Waals surface area contributed by atoms with E-state index < -0.39 is 5.41 Å². The molecule has 1 fully saturated rings. The smallest absolute Gasteiger partial charge is 0.236 e. The predicted octanol–water partition coefficient (Wildman–Crippen LogP) is 5.42. The van der Waals surface area contributed by atoms with Crippen molar-refractivity contribution < 1.29 is 14.3 Å². The number of benzene rings is 2. The normalized spacial score (nSPS) is 15.5. The van der Waals surface area contributed by atoms with Crippen molar-refractivity contribution in [2.24, 2.45) is 0 Å². The average molecular weight is 417 g/mol. The van der Waals surface area contributed by atoms with Crippen molar-refractivity contribution in [3.63, 3.8) is 0 Å². The highest BCUT2D eigenvalue weighted by Gasteiger charge is 2.43. The van der Waals surface area contributed by atoms with Gasteiger partial charge < -0.3 is 14.8 Å². The molecule has 0 spiro atoms. The predicted molar refractivity (Wildman–Crippen MR) is 113 cm³/mol. The topological polar surface area (TPSA) is 60.5 Å². The zero-order chi connectivity index (χ0) is 19.7. The van der Waals surface area contributed by atoms with Crippen LogP contribution in [0.2, 0.25) is 5.02 Å². The number of aromatic nitrogens is 1. The van der Waals surface area contributed by atoms with Crippen molar-refractivity contribution in [2.75, 3.05) is 19.5 Å². The van der Waals surface area contributed by atoms with Crippen LogP contribution in [0.1, 0.15) is 31.2 Å². The van der Waals surface area contributed by atoms with Gasteiger partial charge in [-0.05, 0) is 30.5 Å². The number of amides is 1. The lowest BCUT2D eigenvalue weighted by Crippen LogP contribution is -2.37. The maximum Gasteiger partial charge on any atom is 0.236 e. The summed E-state index contributed by atoms with van der Waals surface area (Å²) >= 11 is 7.47. The second-order valence-electron chi connectivity index (χ2n) is 6.94. The number of halogens is 1. The Hall–Kier alpha value is -2.31. The van der Waals surface area contributed by atoms with E-state index in [9.17, 15) is 4.79 Å². The van der Waals surface area contributed by atoms with Gasteiger partial charge in [0.2, 0.25) is 5.91 Å². The SMILES string of the molecule is COc1cc2nc(NC(=O)C3(c4ccc(Cl)cc4)CCCC3)sc2cc1OC. The minimum Gasteiger partial charge on any atom is -0.493 e. The van der Waals surface area contributed by atoms with Gasteiger partial charge in [-0.25, -0.2) is 4.98 Å². The van der Waals surface area contributed by atoms with E-state index in [2.05, 4.69) is 10.3 Å². The molecule has 0 bridgehead atoms. The molecule has 3 aromatic rings. The summed E-state index contributed by atoms with van der Waals surface area (Å²) < 4.78 is 11.6. The highest BCUT2D eigenvalue weighted by atomic mass is 35.5. The number of carbonyl (C=O) groups is 1. The quantitative estimate of drug-likeness (QED) is 0.603. The second kappa shape index (κ2) is 7.60. The molecule has 4 rings (SSSR count). The largest absolute Gasteiger partial charge is 0.493 e. The number of thiazole rings is 1. The van der Waals surface area contributed by atoms with Gasteiger partial charge in [-0.15, -0.1) is 0 Å². The summed E-state index contributed by atoms with van der Waals surface area (Å²) in [5, 5.41) is 4.31. The summed E-state index contributed by atoms with van der Waals surface area (Å²) in [6.45, 7) is 0. The number of anilines is 1. The van der Waals surface area contributed by atoms with Crippen molar-refractivity contribution in [1.82, 2.24) is 4.98 Å². The Labute approximate surface area is 172 Å². The number of rotatable bonds is 5. The summed E-state index contributed by atoms with van der Waals surface area (Å²) in [6.07, 6.45) is 3.72. The molecule has 1 saturated carbocycles. The van der Waals surface area contributed by atoms with Gasteiger partial charge in [0.1, 0.15) is 0 Å². The standard InChI is InChI=1S/C21H21ClN2O3S/c1-26-16-11-15-18(12-17(16)27-2)28-20(23-15)24-19(25)21(9-3-4-10-21)13-5-7-14(22)8-6-13/h5-8,11-12H,3-4,9-10H2,1-2H3,(H,23,24,25). The fraction of sp³-hybridized carbons (Fsp3) is 0.333. The number of nitrogens with one attached hydrogen (secondary N) is 1. The zero-order valence-corrected chi connectivity index (χ0v) is 17.3. The zero-order valence-electron chi connectivity index (χ0n) is 15.8. The number of nitrogens with zero attached hydrogens (tertiary/aromatic N) is 1. The van der Waals surface area contributed by atoms with Gasteiger partial charge >= 0.3 is 0 Å². The van der Waals surface area contributed by atoms with Crippen molar-refractivity contribution in [1.29, 1.82) is 0 Å². The molecule has 1 amide bonds. The van der Waals surface area contributed by atoms with E-state index >= 15 is 0 Å². The highest BCUT2D eigenvalue weighted by Crippen LogP contribution is 2.43. The number of ether oxygens (including phenoxy) is 2. The Balaban J connectivity index is 1.65.